The summed E-state index contributed by atoms with van der Waals surface area (Å²) in [5, 5.41) is 3.15. The van der Waals surface area contributed by atoms with E-state index in [1.165, 1.54) is 12.8 Å². The normalized spacial score (nSPS) is 20.7. The van der Waals surface area contributed by atoms with Crippen LogP contribution in [-0.4, -0.2) is 45.8 Å². The van der Waals surface area contributed by atoms with Gasteiger partial charge in [-0.05, 0) is 39.5 Å². The van der Waals surface area contributed by atoms with Gasteiger partial charge in [0.15, 0.2) is 0 Å². The fraction of sp³-hybridized carbons (Fsp3) is 0.739. The summed E-state index contributed by atoms with van der Waals surface area (Å²) in [6.45, 7) is 11.3. The van der Waals surface area contributed by atoms with Crippen LogP contribution in [0.15, 0.2) is 0 Å². The molecule has 1 aliphatic carbocycles. The number of piperidine rings is 1. The van der Waals surface area contributed by atoms with Crippen LogP contribution in [0.25, 0.3) is 0 Å². The van der Waals surface area contributed by atoms with E-state index in [1.54, 1.807) is 0 Å². The van der Waals surface area contributed by atoms with Gasteiger partial charge in [-0.2, -0.15) is 0 Å². The highest BCUT2D eigenvalue weighted by molar-refractivity contribution is 5.81. The second-order valence-electron chi connectivity index (χ2n) is 9.80. The molecule has 1 aromatic heterocycles. The lowest BCUT2D eigenvalue weighted by Crippen LogP contribution is -2.45. The van der Waals surface area contributed by atoms with Crippen LogP contribution in [0.5, 0.6) is 0 Å². The SMILES string of the molecule is Cc1nc([C@@H]2CCCN(C(=O)C(C)(C)C)C2)nc(C)c1CC(=O)NC1CCCC1. The van der Waals surface area contributed by atoms with Crippen molar-refractivity contribution in [3.63, 3.8) is 0 Å². The van der Waals surface area contributed by atoms with Gasteiger partial charge in [-0.1, -0.05) is 33.6 Å². The molecular formula is C23H36N4O2. The minimum absolute atomic E-state index is 0.0686. The number of carbonyl (C=O) groups excluding carboxylic acids is 2. The number of amides is 2. The summed E-state index contributed by atoms with van der Waals surface area (Å²) >= 11 is 0. The van der Waals surface area contributed by atoms with Crippen molar-refractivity contribution in [2.45, 2.75) is 91.5 Å². The van der Waals surface area contributed by atoms with Crippen molar-refractivity contribution >= 4 is 11.8 Å². The summed E-state index contributed by atoms with van der Waals surface area (Å²) in [5.41, 5.74) is 2.33. The molecule has 2 heterocycles. The molecule has 0 bridgehead atoms. The average molecular weight is 401 g/mol. The summed E-state index contributed by atoms with van der Waals surface area (Å²) < 4.78 is 0. The largest absolute Gasteiger partial charge is 0.353 e. The zero-order valence-electron chi connectivity index (χ0n) is 18.7. The first-order chi connectivity index (χ1) is 13.6. The molecule has 1 saturated carbocycles. The lowest BCUT2D eigenvalue weighted by atomic mass is 9.90. The molecule has 2 amide bonds. The number of nitrogens with zero attached hydrogens (tertiary/aromatic N) is 3. The highest BCUT2D eigenvalue weighted by Gasteiger charge is 2.32. The lowest BCUT2D eigenvalue weighted by molar-refractivity contribution is -0.140. The Labute approximate surface area is 174 Å². The van der Waals surface area contributed by atoms with Crippen molar-refractivity contribution < 1.29 is 9.59 Å². The number of aryl methyl sites for hydroxylation is 2. The molecule has 160 valence electrons. The minimum Gasteiger partial charge on any atom is -0.353 e. The van der Waals surface area contributed by atoms with Crippen LogP contribution in [0.3, 0.4) is 0 Å². The molecule has 3 rings (SSSR count). The number of aromatic nitrogens is 2. The molecule has 0 radical (unpaired) electrons. The van der Waals surface area contributed by atoms with Gasteiger partial charge in [0.25, 0.3) is 0 Å². The first-order valence-corrected chi connectivity index (χ1v) is 11.1. The van der Waals surface area contributed by atoms with E-state index in [9.17, 15) is 9.59 Å². The van der Waals surface area contributed by atoms with Crippen molar-refractivity contribution in [2.75, 3.05) is 13.1 Å². The van der Waals surface area contributed by atoms with E-state index in [-0.39, 0.29) is 23.1 Å². The number of likely N-dealkylation sites (tertiary alicyclic amines) is 1. The maximum Gasteiger partial charge on any atom is 0.227 e. The van der Waals surface area contributed by atoms with Crippen molar-refractivity contribution in [3.8, 4) is 0 Å². The lowest BCUT2D eigenvalue weighted by Gasteiger charge is -2.36. The van der Waals surface area contributed by atoms with Crippen LogP contribution in [0.4, 0.5) is 0 Å². The maximum absolute atomic E-state index is 12.7. The molecule has 0 spiro atoms. The molecule has 1 aliphatic heterocycles. The van der Waals surface area contributed by atoms with Crippen LogP contribution in [0, 0.1) is 19.3 Å². The molecule has 0 unspecified atom stereocenters. The summed E-state index contributed by atoms with van der Waals surface area (Å²) in [6.07, 6.45) is 6.89. The summed E-state index contributed by atoms with van der Waals surface area (Å²) in [5.74, 6) is 1.23. The van der Waals surface area contributed by atoms with Crippen molar-refractivity contribution in [2.24, 2.45) is 5.41 Å². The fourth-order valence-electron chi connectivity index (χ4n) is 4.56. The highest BCUT2D eigenvalue weighted by Crippen LogP contribution is 2.29. The van der Waals surface area contributed by atoms with Crippen molar-refractivity contribution in [3.05, 3.63) is 22.8 Å². The standard InChI is InChI=1S/C23H36N4O2/c1-15-19(13-20(28)26-18-10-6-7-11-18)16(2)25-21(24-15)17-9-8-12-27(14-17)22(29)23(3,4)5/h17-18H,6-14H2,1-5H3,(H,26,28)/t17-/m1/s1. The van der Waals surface area contributed by atoms with E-state index in [4.69, 9.17) is 9.97 Å². The van der Waals surface area contributed by atoms with Crippen LogP contribution in [-0.2, 0) is 16.0 Å². The van der Waals surface area contributed by atoms with Crippen LogP contribution in [0.1, 0.15) is 88.0 Å². The molecule has 1 N–H and O–H groups in total. The molecule has 6 heteroatoms. The van der Waals surface area contributed by atoms with Gasteiger partial charge in [0.1, 0.15) is 5.82 Å². The van der Waals surface area contributed by atoms with E-state index in [2.05, 4.69) is 5.32 Å². The zero-order valence-corrected chi connectivity index (χ0v) is 18.7. The summed E-state index contributed by atoms with van der Waals surface area (Å²) in [6, 6.07) is 0.330. The quantitative estimate of drug-likeness (QED) is 0.840. The van der Waals surface area contributed by atoms with Gasteiger partial charge in [0.2, 0.25) is 11.8 Å². The first kappa shape index (κ1) is 21.7. The predicted molar refractivity (Wildman–Crippen MR) is 114 cm³/mol. The Morgan fingerprint density at radius 1 is 1.03 bits per heavy atom. The third-order valence-corrected chi connectivity index (χ3v) is 6.21. The van der Waals surface area contributed by atoms with E-state index in [0.29, 0.717) is 19.0 Å². The maximum atomic E-state index is 12.7. The molecular weight excluding hydrogens is 364 g/mol. The Bertz CT molecular complexity index is 740. The predicted octanol–water partition coefficient (Wildman–Crippen LogP) is 3.45. The topological polar surface area (TPSA) is 75.2 Å². The minimum atomic E-state index is -0.370. The van der Waals surface area contributed by atoms with Crippen LogP contribution in [0.2, 0.25) is 0 Å². The van der Waals surface area contributed by atoms with Gasteiger partial charge in [-0.3, -0.25) is 9.59 Å². The van der Waals surface area contributed by atoms with Crippen molar-refractivity contribution in [1.82, 2.24) is 20.2 Å². The molecule has 2 fully saturated rings. The third-order valence-electron chi connectivity index (χ3n) is 6.21. The Morgan fingerprint density at radius 3 is 2.24 bits per heavy atom. The Balaban J connectivity index is 1.69. The molecule has 2 aliphatic rings. The number of hydrogen-bond acceptors (Lipinski definition) is 4. The number of carbonyl (C=O) groups is 2. The zero-order chi connectivity index (χ0) is 21.2. The van der Waals surface area contributed by atoms with Gasteiger partial charge in [0, 0.05) is 47.4 Å². The molecule has 1 aromatic rings. The van der Waals surface area contributed by atoms with Gasteiger partial charge in [0.05, 0.1) is 6.42 Å². The van der Waals surface area contributed by atoms with Crippen LogP contribution < -0.4 is 5.32 Å². The Hall–Kier alpha value is -1.98. The van der Waals surface area contributed by atoms with E-state index < -0.39 is 0 Å². The van der Waals surface area contributed by atoms with Crippen molar-refractivity contribution in [1.29, 1.82) is 0 Å². The van der Waals surface area contributed by atoms with E-state index in [0.717, 1.165) is 55.0 Å². The average Bonchev–Trinajstić information content (AvgIpc) is 3.16. The van der Waals surface area contributed by atoms with Crippen LogP contribution >= 0.6 is 0 Å². The second-order valence-corrected chi connectivity index (χ2v) is 9.80. The molecule has 1 saturated heterocycles. The first-order valence-electron chi connectivity index (χ1n) is 11.1. The second kappa shape index (κ2) is 8.80. The van der Waals surface area contributed by atoms with Gasteiger partial charge in [-0.25, -0.2) is 9.97 Å². The molecule has 1 atom stereocenters. The number of rotatable bonds is 4. The van der Waals surface area contributed by atoms with Gasteiger partial charge >= 0.3 is 0 Å². The summed E-state index contributed by atoms with van der Waals surface area (Å²) in [4.78, 5) is 36.7. The Morgan fingerprint density at radius 2 is 1.66 bits per heavy atom. The summed E-state index contributed by atoms with van der Waals surface area (Å²) in [7, 11) is 0. The van der Waals surface area contributed by atoms with Gasteiger partial charge < -0.3 is 10.2 Å². The smallest absolute Gasteiger partial charge is 0.227 e. The number of hydrogen-bond donors (Lipinski definition) is 1. The number of nitrogens with one attached hydrogen (secondary N) is 1. The third kappa shape index (κ3) is 5.34. The fourth-order valence-corrected chi connectivity index (χ4v) is 4.56. The van der Waals surface area contributed by atoms with E-state index >= 15 is 0 Å². The van der Waals surface area contributed by atoms with E-state index in [1.807, 2.05) is 39.5 Å². The van der Waals surface area contributed by atoms with Gasteiger partial charge in [-0.15, -0.1) is 0 Å². The highest BCUT2D eigenvalue weighted by atomic mass is 16.2. The monoisotopic (exact) mass is 400 g/mol. The molecule has 0 aromatic carbocycles. The Kier molecular flexibility index (Phi) is 6.59. The molecule has 6 nitrogen and oxygen atoms in total. The molecule has 29 heavy (non-hydrogen) atoms.